The molecular weight excluding hydrogens is 500 g/mol. The van der Waals surface area contributed by atoms with Crippen LogP contribution in [0.4, 0.5) is 10.5 Å². The van der Waals surface area contributed by atoms with E-state index < -0.39 is 0 Å². The molecule has 2 aromatic rings. The fourth-order valence-electron chi connectivity index (χ4n) is 4.68. The molecule has 8 nitrogen and oxygen atoms in total. The second-order valence-electron chi connectivity index (χ2n) is 9.57. The molecule has 0 saturated heterocycles. The Kier molecular flexibility index (Phi) is 10.1. The van der Waals surface area contributed by atoms with Crippen molar-refractivity contribution in [1.29, 1.82) is 0 Å². The number of thioether (sulfide) groups is 1. The van der Waals surface area contributed by atoms with Crippen LogP contribution in [0.3, 0.4) is 0 Å². The fraction of sp³-hybridized carbons (Fsp3) is 0.483. The molecule has 0 aromatic heterocycles. The highest BCUT2D eigenvalue weighted by molar-refractivity contribution is 8.14. The van der Waals surface area contributed by atoms with Gasteiger partial charge in [-0.3, -0.25) is 9.59 Å². The number of nitrogens with zero attached hydrogens (tertiary/aromatic N) is 3. The molecule has 1 N–H and O–H groups in total. The Labute approximate surface area is 229 Å². The van der Waals surface area contributed by atoms with Crippen LogP contribution >= 0.6 is 11.8 Å². The summed E-state index contributed by atoms with van der Waals surface area (Å²) in [6, 6.07) is 13.4. The lowest BCUT2D eigenvalue weighted by Gasteiger charge is -2.24. The number of hydrazone groups is 1. The maximum atomic E-state index is 12.6. The van der Waals surface area contributed by atoms with Crippen LogP contribution in [0.25, 0.3) is 0 Å². The van der Waals surface area contributed by atoms with Crippen molar-refractivity contribution in [3.8, 4) is 11.5 Å². The van der Waals surface area contributed by atoms with E-state index >= 15 is 0 Å². The minimum absolute atomic E-state index is 0.00253. The standard InChI is InChI=1S/C29H38N4O4S/c1-4-32(5-2)17-16-28(34)30-23-13-10-21(11-14-23)19-33-29(35)38-20-25(31-33)22-12-15-26(36-3)27(18-22)37-24-8-6-7-9-24/h10-15,18,24H,4-9,16-17,19-20H2,1-3H3,(H,30,34). The van der Waals surface area contributed by atoms with Crippen LogP contribution < -0.4 is 14.8 Å². The molecule has 2 amide bonds. The summed E-state index contributed by atoms with van der Waals surface area (Å²) in [4.78, 5) is 27.2. The zero-order valence-electron chi connectivity index (χ0n) is 22.6. The summed E-state index contributed by atoms with van der Waals surface area (Å²) in [5.41, 5.74) is 3.43. The molecule has 1 saturated carbocycles. The third-order valence-electron chi connectivity index (χ3n) is 7.00. The predicted octanol–water partition coefficient (Wildman–Crippen LogP) is 5.76. The molecule has 0 unspecified atom stereocenters. The lowest BCUT2D eigenvalue weighted by molar-refractivity contribution is -0.116. The average Bonchev–Trinajstić information content (AvgIpc) is 3.45. The van der Waals surface area contributed by atoms with Gasteiger partial charge in [0.2, 0.25) is 5.91 Å². The number of anilines is 1. The quantitative estimate of drug-likeness (QED) is 0.370. The molecule has 0 radical (unpaired) electrons. The summed E-state index contributed by atoms with van der Waals surface area (Å²) in [5.74, 6) is 1.93. The second kappa shape index (κ2) is 13.7. The average molecular weight is 539 g/mol. The van der Waals surface area contributed by atoms with Gasteiger partial charge in [-0.25, -0.2) is 5.01 Å². The number of rotatable bonds is 12. The molecular formula is C29H38N4O4S. The van der Waals surface area contributed by atoms with Crippen LogP contribution in [-0.2, 0) is 11.3 Å². The van der Waals surface area contributed by atoms with Crippen molar-refractivity contribution < 1.29 is 19.1 Å². The SMILES string of the molecule is CCN(CC)CCC(=O)Nc1ccc(CN2N=C(c3ccc(OC)c(OC4CCCC4)c3)CSC2=O)cc1. The molecule has 1 aliphatic heterocycles. The Morgan fingerprint density at radius 1 is 1.11 bits per heavy atom. The van der Waals surface area contributed by atoms with Gasteiger partial charge in [-0.2, -0.15) is 5.10 Å². The van der Waals surface area contributed by atoms with Gasteiger partial charge in [0.15, 0.2) is 11.5 Å². The van der Waals surface area contributed by atoms with E-state index in [1.54, 1.807) is 7.11 Å². The van der Waals surface area contributed by atoms with Crippen molar-refractivity contribution >= 4 is 34.3 Å². The van der Waals surface area contributed by atoms with Crippen molar-refractivity contribution in [2.24, 2.45) is 5.10 Å². The Hall–Kier alpha value is -3.04. The van der Waals surface area contributed by atoms with Crippen LogP contribution in [0.5, 0.6) is 11.5 Å². The zero-order valence-corrected chi connectivity index (χ0v) is 23.4. The number of carbonyl (C=O) groups is 2. The molecule has 4 rings (SSSR count). The Bertz CT molecular complexity index is 1130. The summed E-state index contributed by atoms with van der Waals surface area (Å²) >= 11 is 1.24. The summed E-state index contributed by atoms with van der Waals surface area (Å²) < 4.78 is 11.8. The Balaban J connectivity index is 1.40. The molecule has 2 aliphatic rings. The number of ether oxygens (including phenoxy) is 2. The van der Waals surface area contributed by atoms with E-state index in [2.05, 4.69) is 24.1 Å². The van der Waals surface area contributed by atoms with Crippen LogP contribution in [0.15, 0.2) is 47.6 Å². The van der Waals surface area contributed by atoms with Gasteiger partial charge in [-0.05, 0) is 74.7 Å². The molecule has 0 atom stereocenters. The zero-order chi connectivity index (χ0) is 26.9. The van der Waals surface area contributed by atoms with Gasteiger partial charge in [0, 0.05) is 30.0 Å². The first-order valence-corrected chi connectivity index (χ1v) is 14.5. The Morgan fingerprint density at radius 2 is 1.84 bits per heavy atom. The lowest BCUT2D eigenvalue weighted by Crippen LogP contribution is -2.29. The van der Waals surface area contributed by atoms with Crippen LogP contribution in [0, 0.1) is 0 Å². The van der Waals surface area contributed by atoms with Gasteiger partial charge in [0.25, 0.3) is 0 Å². The minimum Gasteiger partial charge on any atom is -0.493 e. The molecule has 1 aliphatic carbocycles. The van der Waals surface area contributed by atoms with Crippen molar-refractivity contribution in [1.82, 2.24) is 9.91 Å². The van der Waals surface area contributed by atoms with Crippen molar-refractivity contribution in [3.05, 3.63) is 53.6 Å². The van der Waals surface area contributed by atoms with Crippen molar-refractivity contribution in [2.45, 2.75) is 58.6 Å². The first kappa shape index (κ1) is 28.0. The second-order valence-corrected chi connectivity index (χ2v) is 10.5. The highest BCUT2D eigenvalue weighted by Crippen LogP contribution is 2.33. The predicted molar refractivity (Wildman–Crippen MR) is 153 cm³/mol. The topological polar surface area (TPSA) is 83.5 Å². The van der Waals surface area contributed by atoms with Gasteiger partial charge in [-0.1, -0.05) is 37.7 Å². The van der Waals surface area contributed by atoms with Crippen molar-refractivity contribution in [3.63, 3.8) is 0 Å². The molecule has 1 heterocycles. The number of carbonyl (C=O) groups excluding carboxylic acids is 2. The highest BCUT2D eigenvalue weighted by Gasteiger charge is 2.24. The smallest absolute Gasteiger partial charge is 0.302 e. The van der Waals surface area contributed by atoms with Gasteiger partial charge in [0.1, 0.15) is 0 Å². The van der Waals surface area contributed by atoms with Crippen LogP contribution in [0.1, 0.15) is 57.1 Å². The van der Waals surface area contributed by atoms with Crippen LogP contribution in [0.2, 0.25) is 0 Å². The molecule has 38 heavy (non-hydrogen) atoms. The molecule has 1 fully saturated rings. The van der Waals surface area contributed by atoms with E-state index in [4.69, 9.17) is 14.6 Å². The normalized spacial score (nSPS) is 16.1. The summed E-state index contributed by atoms with van der Waals surface area (Å²) in [5, 5.41) is 9.07. The maximum absolute atomic E-state index is 12.6. The van der Waals surface area contributed by atoms with E-state index in [0.717, 1.165) is 60.8 Å². The van der Waals surface area contributed by atoms with E-state index in [1.807, 2.05) is 42.5 Å². The summed E-state index contributed by atoms with van der Waals surface area (Å²) in [6.45, 7) is 7.16. The largest absolute Gasteiger partial charge is 0.493 e. The number of hydrogen-bond acceptors (Lipinski definition) is 7. The van der Waals surface area contributed by atoms with Gasteiger partial charge in [0.05, 0.1) is 25.5 Å². The Morgan fingerprint density at radius 3 is 2.53 bits per heavy atom. The molecule has 0 spiro atoms. The number of nitrogens with one attached hydrogen (secondary N) is 1. The van der Waals surface area contributed by atoms with Gasteiger partial charge >= 0.3 is 5.24 Å². The van der Waals surface area contributed by atoms with E-state index in [9.17, 15) is 9.59 Å². The van der Waals surface area contributed by atoms with Gasteiger partial charge in [-0.15, -0.1) is 0 Å². The van der Waals surface area contributed by atoms with E-state index in [-0.39, 0.29) is 17.3 Å². The third kappa shape index (κ3) is 7.51. The number of methoxy groups -OCH3 is 1. The fourth-order valence-corrected chi connectivity index (χ4v) is 5.42. The summed E-state index contributed by atoms with van der Waals surface area (Å²) in [7, 11) is 1.65. The first-order valence-electron chi connectivity index (χ1n) is 13.5. The minimum atomic E-state index is -0.0847. The van der Waals surface area contributed by atoms with E-state index in [1.165, 1.54) is 29.6 Å². The number of benzene rings is 2. The number of hydrogen-bond donors (Lipinski definition) is 1. The lowest BCUT2D eigenvalue weighted by atomic mass is 10.1. The molecule has 0 bridgehead atoms. The monoisotopic (exact) mass is 538 g/mol. The molecule has 204 valence electrons. The molecule has 2 aromatic carbocycles. The maximum Gasteiger partial charge on any atom is 0.302 e. The highest BCUT2D eigenvalue weighted by atomic mass is 32.2. The number of amides is 2. The van der Waals surface area contributed by atoms with Crippen molar-refractivity contribution in [2.75, 3.05) is 37.8 Å². The first-order chi connectivity index (χ1) is 18.5. The molecule has 9 heteroatoms. The third-order valence-corrected chi connectivity index (χ3v) is 7.87. The summed E-state index contributed by atoms with van der Waals surface area (Å²) in [6.07, 6.45) is 5.18. The van der Waals surface area contributed by atoms with Gasteiger partial charge < -0.3 is 19.7 Å². The van der Waals surface area contributed by atoms with E-state index in [0.29, 0.717) is 24.5 Å². The van der Waals surface area contributed by atoms with Crippen LogP contribution in [-0.4, -0.2) is 65.4 Å².